The number of aldehydes is 1. The number of ketones is 1. The van der Waals surface area contributed by atoms with Crippen LogP contribution >= 0.6 is 15.9 Å². The van der Waals surface area contributed by atoms with Gasteiger partial charge in [0.2, 0.25) is 0 Å². The van der Waals surface area contributed by atoms with Crippen LogP contribution in [0.1, 0.15) is 34.6 Å². The zero-order chi connectivity index (χ0) is 12.1. The molecule has 16 heavy (non-hydrogen) atoms. The monoisotopic (exact) mass is 284 g/mol. The lowest BCUT2D eigenvalue weighted by Gasteiger charge is -2.15. The van der Waals surface area contributed by atoms with E-state index in [0.717, 1.165) is 6.29 Å². The number of ether oxygens (including phenoxy) is 1. The molecule has 86 valence electrons. The van der Waals surface area contributed by atoms with Crippen molar-refractivity contribution in [2.24, 2.45) is 0 Å². The Morgan fingerprint density at radius 3 is 2.75 bits per heavy atom. The largest absolute Gasteiger partial charge is 0.494 e. The van der Waals surface area contributed by atoms with Crippen molar-refractivity contribution < 1.29 is 14.3 Å². The van der Waals surface area contributed by atoms with Gasteiger partial charge in [-0.15, -0.1) is 0 Å². The maximum atomic E-state index is 11.4. The highest BCUT2D eigenvalue weighted by molar-refractivity contribution is 9.09. The molecule has 0 bridgehead atoms. The summed E-state index contributed by atoms with van der Waals surface area (Å²) >= 11 is 3.27. The average Bonchev–Trinajstić information content (AvgIpc) is 2.28. The molecule has 1 atom stereocenters. The fraction of sp³-hybridized carbons (Fsp3) is 0.333. The molecule has 0 fully saturated rings. The summed E-state index contributed by atoms with van der Waals surface area (Å²) in [5.74, 6) is 0.513. The number of carbonyl (C=O) groups excluding carboxylic acids is 2. The fourth-order valence-electron chi connectivity index (χ4n) is 1.42. The standard InChI is InChI=1S/C12H13BrO3/c1-3-16-10-6-4-5-9(7-14)11(10)12(13)8(2)15/h4-7,12H,3H2,1-2H3. The van der Waals surface area contributed by atoms with Gasteiger partial charge >= 0.3 is 0 Å². The van der Waals surface area contributed by atoms with Gasteiger partial charge in [-0.3, -0.25) is 9.59 Å². The molecule has 0 aliphatic heterocycles. The van der Waals surface area contributed by atoms with Crippen molar-refractivity contribution in [1.29, 1.82) is 0 Å². The summed E-state index contributed by atoms with van der Waals surface area (Å²) in [5, 5.41) is 0. The van der Waals surface area contributed by atoms with Crippen molar-refractivity contribution >= 4 is 28.0 Å². The van der Waals surface area contributed by atoms with Gasteiger partial charge < -0.3 is 4.74 Å². The Bertz CT molecular complexity index is 401. The lowest BCUT2D eigenvalue weighted by molar-refractivity contribution is -0.116. The number of rotatable bonds is 5. The van der Waals surface area contributed by atoms with E-state index in [1.165, 1.54) is 6.92 Å². The lowest BCUT2D eigenvalue weighted by Crippen LogP contribution is -2.08. The number of carbonyl (C=O) groups is 2. The first-order chi connectivity index (χ1) is 7.61. The second-order valence-electron chi connectivity index (χ2n) is 3.28. The van der Waals surface area contributed by atoms with E-state index < -0.39 is 4.83 Å². The number of halogens is 1. The molecular formula is C12H13BrO3. The van der Waals surface area contributed by atoms with E-state index in [-0.39, 0.29) is 5.78 Å². The highest BCUT2D eigenvalue weighted by atomic mass is 79.9. The summed E-state index contributed by atoms with van der Waals surface area (Å²) in [6, 6.07) is 5.16. The van der Waals surface area contributed by atoms with Crippen LogP contribution in [0.25, 0.3) is 0 Å². The molecule has 1 aromatic rings. The fourth-order valence-corrected chi connectivity index (χ4v) is 1.91. The maximum Gasteiger partial charge on any atom is 0.150 e. The molecule has 4 heteroatoms. The molecule has 1 unspecified atom stereocenters. The second kappa shape index (κ2) is 5.80. The molecule has 3 nitrogen and oxygen atoms in total. The van der Waals surface area contributed by atoms with Crippen molar-refractivity contribution in [3.63, 3.8) is 0 Å². The smallest absolute Gasteiger partial charge is 0.150 e. The first-order valence-electron chi connectivity index (χ1n) is 4.97. The summed E-state index contributed by atoms with van der Waals surface area (Å²) in [7, 11) is 0. The van der Waals surface area contributed by atoms with Crippen LogP contribution in [0.5, 0.6) is 5.75 Å². The molecule has 0 saturated heterocycles. The van der Waals surface area contributed by atoms with Gasteiger partial charge in [-0.05, 0) is 19.9 Å². The van der Waals surface area contributed by atoms with Crippen molar-refractivity contribution in [1.82, 2.24) is 0 Å². The molecule has 0 saturated carbocycles. The molecule has 1 rings (SSSR count). The Labute approximate surface area is 103 Å². The molecule has 0 heterocycles. The predicted molar refractivity (Wildman–Crippen MR) is 65.3 cm³/mol. The number of hydrogen-bond donors (Lipinski definition) is 0. The molecule has 0 radical (unpaired) electrons. The number of alkyl halides is 1. The third-order valence-corrected chi connectivity index (χ3v) is 3.24. The Hall–Kier alpha value is -1.16. The van der Waals surface area contributed by atoms with Gasteiger partial charge in [-0.25, -0.2) is 0 Å². The molecule has 0 aliphatic rings. The van der Waals surface area contributed by atoms with Gasteiger partial charge in [-0.1, -0.05) is 28.1 Å². The zero-order valence-corrected chi connectivity index (χ0v) is 10.8. The Balaban J connectivity index is 3.29. The van der Waals surface area contributed by atoms with E-state index >= 15 is 0 Å². The van der Waals surface area contributed by atoms with Crippen LogP contribution in [0.3, 0.4) is 0 Å². The van der Waals surface area contributed by atoms with Crippen molar-refractivity contribution in [2.45, 2.75) is 18.7 Å². The highest BCUT2D eigenvalue weighted by Gasteiger charge is 2.20. The summed E-state index contributed by atoms with van der Waals surface area (Å²) < 4.78 is 5.41. The zero-order valence-electron chi connectivity index (χ0n) is 9.20. The molecule has 0 aliphatic carbocycles. The van der Waals surface area contributed by atoms with Gasteiger partial charge in [0.1, 0.15) is 16.4 Å². The maximum absolute atomic E-state index is 11.4. The van der Waals surface area contributed by atoms with E-state index in [4.69, 9.17) is 4.74 Å². The van der Waals surface area contributed by atoms with Crippen molar-refractivity contribution in [3.8, 4) is 5.75 Å². The molecule has 0 aromatic heterocycles. The number of Topliss-reactive ketones (excluding diaryl/α,β-unsaturated/α-hetero) is 1. The minimum Gasteiger partial charge on any atom is -0.494 e. The first-order valence-corrected chi connectivity index (χ1v) is 5.88. The summed E-state index contributed by atoms with van der Waals surface area (Å²) in [6.45, 7) is 3.82. The van der Waals surface area contributed by atoms with Gasteiger partial charge in [0.05, 0.1) is 6.61 Å². The van der Waals surface area contributed by atoms with Crippen LogP contribution in [-0.2, 0) is 4.79 Å². The minimum atomic E-state index is -0.504. The van der Waals surface area contributed by atoms with E-state index in [0.29, 0.717) is 23.5 Å². The van der Waals surface area contributed by atoms with Crippen LogP contribution in [0.15, 0.2) is 18.2 Å². The van der Waals surface area contributed by atoms with Crippen LogP contribution < -0.4 is 4.74 Å². The second-order valence-corrected chi connectivity index (χ2v) is 4.20. The van der Waals surface area contributed by atoms with E-state index in [1.54, 1.807) is 18.2 Å². The minimum absolute atomic E-state index is 0.0600. The van der Waals surface area contributed by atoms with Gasteiger partial charge in [0, 0.05) is 11.1 Å². The first kappa shape index (κ1) is 12.9. The summed E-state index contributed by atoms with van der Waals surface area (Å²) in [5.41, 5.74) is 1.08. The van der Waals surface area contributed by atoms with Gasteiger partial charge in [0.25, 0.3) is 0 Å². The summed E-state index contributed by atoms with van der Waals surface area (Å²) in [4.78, 5) is 21.8. The van der Waals surface area contributed by atoms with Crippen LogP contribution in [0, 0.1) is 0 Å². The Morgan fingerprint density at radius 2 is 2.25 bits per heavy atom. The third-order valence-electron chi connectivity index (χ3n) is 2.14. The van der Waals surface area contributed by atoms with Crippen molar-refractivity contribution in [2.75, 3.05) is 6.61 Å². The van der Waals surface area contributed by atoms with E-state index in [2.05, 4.69) is 15.9 Å². The number of hydrogen-bond acceptors (Lipinski definition) is 3. The normalized spacial score (nSPS) is 11.9. The SMILES string of the molecule is CCOc1cccc(C=O)c1C(Br)C(C)=O. The average molecular weight is 285 g/mol. The van der Waals surface area contributed by atoms with Gasteiger partial charge in [-0.2, -0.15) is 0 Å². The lowest BCUT2D eigenvalue weighted by atomic mass is 10.0. The Morgan fingerprint density at radius 1 is 1.56 bits per heavy atom. The predicted octanol–water partition coefficient (Wildman–Crippen LogP) is 2.92. The molecule has 0 amide bonds. The molecular weight excluding hydrogens is 272 g/mol. The van der Waals surface area contributed by atoms with Crippen LogP contribution in [0.4, 0.5) is 0 Å². The number of benzene rings is 1. The molecule has 1 aromatic carbocycles. The highest BCUT2D eigenvalue weighted by Crippen LogP contribution is 2.34. The summed E-state index contributed by atoms with van der Waals surface area (Å²) in [6.07, 6.45) is 0.731. The van der Waals surface area contributed by atoms with E-state index in [9.17, 15) is 9.59 Å². The molecule has 0 spiro atoms. The van der Waals surface area contributed by atoms with Crippen LogP contribution in [0.2, 0.25) is 0 Å². The Kier molecular flexibility index (Phi) is 4.68. The topological polar surface area (TPSA) is 43.4 Å². The quantitative estimate of drug-likeness (QED) is 0.617. The van der Waals surface area contributed by atoms with Gasteiger partial charge in [0.15, 0.2) is 6.29 Å². The van der Waals surface area contributed by atoms with Crippen LogP contribution in [-0.4, -0.2) is 18.7 Å². The van der Waals surface area contributed by atoms with E-state index in [1.807, 2.05) is 6.92 Å². The molecule has 0 N–H and O–H groups in total. The van der Waals surface area contributed by atoms with Crippen molar-refractivity contribution in [3.05, 3.63) is 29.3 Å². The third kappa shape index (κ3) is 2.70.